The fourth-order valence-corrected chi connectivity index (χ4v) is 5.27. The highest BCUT2D eigenvalue weighted by Gasteiger charge is 2.34. The van der Waals surface area contributed by atoms with E-state index in [1.54, 1.807) is 12.4 Å². The number of rotatable bonds is 15. The summed E-state index contributed by atoms with van der Waals surface area (Å²) in [7, 11) is -3.16. The Balaban J connectivity index is 2.01. The summed E-state index contributed by atoms with van der Waals surface area (Å²) in [4.78, 5) is 14.2. The number of pyridine rings is 1. The van der Waals surface area contributed by atoms with Gasteiger partial charge in [-0.1, -0.05) is 0 Å². The number of carboxylic acids is 1. The third-order valence-electron chi connectivity index (χ3n) is 6.16. The van der Waals surface area contributed by atoms with Crippen LogP contribution in [0.1, 0.15) is 56.2 Å². The quantitative estimate of drug-likeness (QED) is 0.303. The lowest BCUT2D eigenvalue weighted by atomic mass is 9.95. The van der Waals surface area contributed by atoms with Crippen LogP contribution in [0.25, 0.3) is 0 Å². The van der Waals surface area contributed by atoms with E-state index in [-0.39, 0.29) is 43.5 Å². The Morgan fingerprint density at radius 3 is 2.32 bits per heavy atom. The molecule has 1 aromatic heterocycles. The Labute approximate surface area is 221 Å². The maximum absolute atomic E-state index is 13.4. The summed E-state index contributed by atoms with van der Waals surface area (Å²) in [5.41, 5.74) is -0.226. The van der Waals surface area contributed by atoms with Crippen LogP contribution in [0.3, 0.4) is 0 Å². The van der Waals surface area contributed by atoms with Crippen molar-refractivity contribution in [3.8, 4) is 0 Å². The molecule has 0 fully saturated rings. The molecule has 12 heteroatoms. The number of benzene rings is 1. The number of carbonyl (C=O) groups is 1. The molecule has 38 heavy (non-hydrogen) atoms. The number of β-amino-alcohol motifs (C(OH)–C–C–N with tert-alkyl or cyclic N) is 1. The van der Waals surface area contributed by atoms with E-state index in [2.05, 4.69) is 10.3 Å². The summed E-state index contributed by atoms with van der Waals surface area (Å²) in [5.74, 6) is -1.09. The molecule has 0 aliphatic heterocycles. The SMILES string of the molecule is CN(C[C@H](O)CNC(C)(C)CCCc1ccncc1)S(=O)(=O)c1cc(CCCC(=O)O)cc(C(F)(F)F)c1. The summed E-state index contributed by atoms with van der Waals surface area (Å²) >= 11 is 0. The van der Waals surface area contributed by atoms with Crippen LogP contribution in [0.4, 0.5) is 13.2 Å². The largest absolute Gasteiger partial charge is 0.481 e. The van der Waals surface area contributed by atoms with E-state index in [1.165, 1.54) is 12.6 Å². The number of aromatic nitrogens is 1. The molecule has 0 amide bonds. The van der Waals surface area contributed by atoms with E-state index >= 15 is 0 Å². The van der Waals surface area contributed by atoms with Gasteiger partial charge in [-0.25, -0.2) is 8.42 Å². The zero-order chi connectivity index (χ0) is 28.6. The van der Waals surface area contributed by atoms with Crippen LogP contribution in [0, 0.1) is 0 Å². The number of alkyl halides is 3. The Kier molecular flexibility index (Phi) is 11.3. The summed E-state index contributed by atoms with van der Waals surface area (Å²) < 4.78 is 67.3. The van der Waals surface area contributed by atoms with Crippen molar-refractivity contribution in [1.29, 1.82) is 0 Å². The maximum Gasteiger partial charge on any atom is 0.416 e. The molecule has 2 aromatic rings. The smallest absolute Gasteiger partial charge is 0.416 e. The molecule has 212 valence electrons. The van der Waals surface area contributed by atoms with Crippen LogP contribution >= 0.6 is 0 Å². The van der Waals surface area contributed by atoms with Crippen molar-refractivity contribution in [2.75, 3.05) is 20.1 Å². The van der Waals surface area contributed by atoms with Gasteiger partial charge in [0.2, 0.25) is 10.0 Å². The molecule has 8 nitrogen and oxygen atoms in total. The van der Waals surface area contributed by atoms with Gasteiger partial charge in [-0.2, -0.15) is 17.5 Å². The second-order valence-corrected chi connectivity index (χ2v) is 12.1. The third-order valence-corrected chi connectivity index (χ3v) is 7.96. The number of aliphatic hydroxyl groups excluding tert-OH is 1. The van der Waals surface area contributed by atoms with E-state index in [0.717, 1.165) is 35.7 Å². The van der Waals surface area contributed by atoms with Gasteiger partial charge in [-0.05, 0) is 87.4 Å². The normalized spacial score (nSPS) is 13.6. The van der Waals surface area contributed by atoms with Gasteiger partial charge in [-0.15, -0.1) is 0 Å². The summed E-state index contributed by atoms with van der Waals surface area (Å²) in [5, 5.41) is 22.5. The van der Waals surface area contributed by atoms with Gasteiger partial charge in [0.25, 0.3) is 0 Å². The van der Waals surface area contributed by atoms with Crippen molar-refractivity contribution in [2.24, 2.45) is 0 Å². The lowest BCUT2D eigenvalue weighted by Crippen LogP contribution is -2.46. The minimum absolute atomic E-state index is 0.0226. The molecule has 0 saturated carbocycles. The van der Waals surface area contributed by atoms with Crippen molar-refractivity contribution in [1.82, 2.24) is 14.6 Å². The highest BCUT2D eigenvalue weighted by Crippen LogP contribution is 2.33. The Morgan fingerprint density at radius 1 is 1.08 bits per heavy atom. The van der Waals surface area contributed by atoms with Crippen molar-refractivity contribution < 1.29 is 36.6 Å². The highest BCUT2D eigenvalue weighted by molar-refractivity contribution is 7.89. The number of carboxylic acid groups (broad SMARTS) is 1. The van der Waals surface area contributed by atoms with Gasteiger partial charge >= 0.3 is 12.1 Å². The van der Waals surface area contributed by atoms with Crippen molar-refractivity contribution in [3.63, 3.8) is 0 Å². The lowest BCUT2D eigenvalue weighted by Gasteiger charge is -2.29. The summed E-state index contributed by atoms with van der Waals surface area (Å²) in [6, 6.07) is 6.41. The fraction of sp³-hybridized carbons (Fsp3) is 0.538. The van der Waals surface area contributed by atoms with E-state index in [9.17, 15) is 31.5 Å². The molecule has 0 saturated heterocycles. The molecule has 2 rings (SSSR count). The zero-order valence-electron chi connectivity index (χ0n) is 21.8. The van der Waals surface area contributed by atoms with Crippen LogP contribution in [-0.2, 0) is 33.8 Å². The highest BCUT2D eigenvalue weighted by atomic mass is 32.2. The molecule has 0 aliphatic carbocycles. The first-order valence-corrected chi connectivity index (χ1v) is 13.8. The minimum Gasteiger partial charge on any atom is -0.481 e. The number of nitrogens with one attached hydrogen (secondary N) is 1. The fourth-order valence-electron chi connectivity index (χ4n) is 3.97. The van der Waals surface area contributed by atoms with Gasteiger partial charge in [0, 0.05) is 44.5 Å². The molecule has 1 atom stereocenters. The minimum atomic E-state index is -4.78. The number of halogens is 3. The van der Waals surface area contributed by atoms with E-state index < -0.39 is 38.7 Å². The molecule has 0 unspecified atom stereocenters. The zero-order valence-corrected chi connectivity index (χ0v) is 22.6. The number of sulfonamides is 1. The Bertz CT molecular complexity index is 1160. The van der Waals surface area contributed by atoms with E-state index in [1.807, 2.05) is 26.0 Å². The predicted octanol–water partition coefficient (Wildman–Crippen LogP) is 3.88. The number of aliphatic carboxylic acids is 1. The van der Waals surface area contributed by atoms with Gasteiger partial charge in [0.15, 0.2) is 0 Å². The molecule has 0 spiro atoms. The number of hydrogen-bond acceptors (Lipinski definition) is 6. The third kappa shape index (κ3) is 10.3. The van der Waals surface area contributed by atoms with Crippen molar-refractivity contribution in [2.45, 2.75) is 75.1 Å². The standard InChI is InChI=1S/C26H36F3N3O5S/c1-25(2,11-5-7-19-9-12-30-13-10-19)31-17-22(33)18-32(3)38(36,37)23-15-20(6-4-8-24(34)35)14-21(16-23)26(27,28)29/h9-10,12-16,22,31,33H,4-8,11,17-18H2,1-3H3,(H,34,35)/t22-/m1/s1. The molecule has 1 aromatic carbocycles. The monoisotopic (exact) mass is 559 g/mol. The Morgan fingerprint density at radius 2 is 1.71 bits per heavy atom. The van der Waals surface area contributed by atoms with Crippen LogP contribution < -0.4 is 5.32 Å². The average Bonchev–Trinajstić information content (AvgIpc) is 2.82. The van der Waals surface area contributed by atoms with Crippen LogP contribution in [0.15, 0.2) is 47.6 Å². The first kappa shape index (κ1) is 31.7. The first-order valence-electron chi connectivity index (χ1n) is 12.3. The Hall–Kier alpha value is -2.54. The average molecular weight is 560 g/mol. The van der Waals surface area contributed by atoms with E-state index in [0.29, 0.717) is 6.07 Å². The molecule has 0 aliphatic rings. The second-order valence-electron chi connectivity index (χ2n) is 10.0. The number of likely N-dealkylation sites (N-methyl/N-ethyl adjacent to an activating group) is 1. The van der Waals surface area contributed by atoms with Crippen LogP contribution in [-0.4, -0.2) is 65.7 Å². The molecule has 0 bridgehead atoms. The lowest BCUT2D eigenvalue weighted by molar-refractivity contribution is -0.138. The number of nitrogens with zero attached hydrogens (tertiary/aromatic N) is 2. The van der Waals surface area contributed by atoms with Crippen LogP contribution in [0.5, 0.6) is 0 Å². The molecular formula is C26H36F3N3O5S. The first-order chi connectivity index (χ1) is 17.6. The van der Waals surface area contributed by atoms with Crippen molar-refractivity contribution in [3.05, 3.63) is 59.4 Å². The topological polar surface area (TPSA) is 120 Å². The molecule has 1 heterocycles. The predicted molar refractivity (Wildman–Crippen MR) is 137 cm³/mol. The molecule has 3 N–H and O–H groups in total. The maximum atomic E-state index is 13.4. The molecule has 0 radical (unpaired) electrons. The summed E-state index contributed by atoms with van der Waals surface area (Å²) in [6.07, 6.45) is -0.0697. The van der Waals surface area contributed by atoms with Gasteiger partial charge in [-0.3, -0.25) is 9.78 Å². The van der Waals surface area contributed by atoms with Gasteiger partial charge < -0.3 is 15.5 Å². The number of aryl methyl sites for hydroxylation is 2. The second kappa shape index (κ2) is 13.5. The van der Waals surface area contributed by atoms with Gasteiger partial charge in [0.05, 0.1) is 16.6 Å². The van der Waals surface area contributed by atoms with Crippen molar-refractivity contribution >= 4 is 16.0 Å². The van der Waals surface area contributed by atoms with Crippen LogP contribution in [0.2, 0.25) is 0 Å². The summed E-state index contributed by atoms with van der Waals surface area (Å²) in [6.45, 7) is 3.71. The number of aliphatic hydroxyl groups is 1. The molecular weight excluding hydrogens is 523 g/mol. The van der Waals surface area contributed by atoms with E-state index in [4.69, 9.17) is 5.11 Å². The van der Waals surface area contributed by atoms with Gasteiger partial charge in [0.1, 0.15) is 0 Å². The number of hydrogen-bond donors (Lipinski definition) is 3.